The topological polar surface area (TPSA) is 77.4 Å². The van der Waals surface area contributed by atoms with Gasteiger partial charge in [-0.25, -0.2) is 4.78 Å². The summed E-state index contributed by atoms with van der Waals surface area (Å²) in [6.07, 6.45) is 3.24. The third kappa shape index (κ3) is 7.01. The maximum atomic E-state index is 11.0. The molecule has 0 aliphatic rings. The molecule has 0 atom stereocenters. The first kappa shape index (κ1) is 25.1. The minimum Gasteiger partial charge on any atom is -0.491 e. The van der Waals surface area contributed by atoms with Crippen LogP contribution in [0.15, 0.2) is 77.9 Å². The van der Waals surface area contributed by atoms with E-state index in [1.807, 2.05) is 38.1 Å². The van der Waals surface area contributed by atoms with Gasteiger partial charge in [-0.1, -0.05) is 0 Å². The fourth-order valence-electron chi connectivity index (χ4n) is 2.74. The van der Waals surface area contributed by atoms with Crippen LogP contribution in [-0.2, 0) is 11.8 Å². The smallest absolute Gasteiger partial charge is 0.410 e. The molecule has 9 heteroatoms. The minimum atomic E-state index is -3.20. The number of rotatable bonds is 11. The number of aldehydes is 2. The average Bonchev–Trinajstić information content (AvgIpc) is 2.84. The number of carbonyl (C=O) groups is 2. The first-order valence-corrected chi connectivity index (χ1v) is 13.0. The number of carbonyl (C=O) groups excluding carboxylic acids is 2. The first-order chi connectivity index (χ1) is 16.3. The summed E-state index contributed by atoms with van der Waals surface area (Å²) in [6, 6.07) is 20.6. The summed E-state index contributed by atoms with van der Waals surface area (Å²) in [7, 11) is 1.67. The number of hydrogen-bond donors (Lipinski definition) is 0. The zero-order chi connectivity index (χ0) is 24.6. The van der Waals surface area contributed by atoms with Gasteiger partial charge in [0.2, 0.25) is 0 Å². The Bertz CT molecular complexity index is 1120. The lowest BCUT2D eigenvalue weighted by Gasteiger charge is -2.29. The molecule has 0 N–H and O–H groups in total. The predicted octanol–water partition coefficient (Wildman–Crippen LogP) is 5.75. The van der Waals surface area contributed by atoms with Gasteiger partial charge in [0.15, 0.2) is 0 Å². The molecule has 7 nitrogen and oxygen atoms in total. The lowest BCUT2D eigenvalue weighted by atomic mass is 10.2. The van der Waals surface area contributed by atoms with Crippen LogP contribution in [0.25, 0.3) is 0 Å². The SMILES string of the molecule is CC(C)Oc1ccc(/C=N/N(C)P(=S)(Oc2ccc(C=O)cc2)Oc2ccc(C=O)cc2)cc1. The number of benzene rings is 3. The van der Waals surface area contributed by atoms with Crippen molar-refractivity contribution in [3.05, 3.63) is 89.5 Å². The second kappa shape index (κ2) is 11.6. The lowest BCUT2D eigenvalue weighted by Crippen LogP contribution is -2.17. The van der Waals surface area contributed by atoms with E-state index in [-0.39, 0.29) is 6.10 Å². The molecular weight excluding hydrogens is 471 g/mol. The molecule has 0 radical (unpaired) electrons. The van der Waals surface area contributed by atoms with Crippen LogP contribution in [0.3, 0.4) is 0 Å². The van der Waals surface area contributed by atoms with Crippen molar-refractivity contribution in [1.29, 1.82) is 0 Å². The zero-order valence-electron chi connectivity index (χ0n) is 19.0. The van der Waals surface area contributed by atoms with E-state index in [4.69, 9.17) is 25.6 Å². The van der Waals surface area contributed by atoms with Gasteiger partial charge in [-0.2, -0.15) is 5.10 Å². The third-order valence-electron chi connectivity index (χ3n) is 4.45. The van der Waals surface area contributed by atoms with Gasteiger partial charge >= 0.3 is 6.64 Å². The number of ether oxygens (including phenoxy) is 1. The number of nitrogens with zero attached hydrogens (tertiary/aromatic N) is 2. The van der Waals surface area contributed by atoms with E-state index in [1.54, 1.807) is 61.8 Å². The average molecular weight is 497 g/mol. The molecule has 0 aliphatic carbocycles. The van der Waals surface area contributed by atoms with E-state index in [1.165, 1.54) is 4.78 Å². The molecular formula is C25H25N2O5PS. The lowest BCUT2D eigenvalue weighted by molar-refractivity contribution is 0.111. The van der Waals surface area contributed by atoms with Crippen LogP contribution in [0.5, 0.6) is 17.2 Å². The number of hydrazone groups is 1. The molecule has 0 fully saturated rings. The molecule has 0 unspecified atom stereocenters. The molecule has 3 aromatic rings. The largest absolute Gasteiger partial charge is 0.491 e. The van der Waals surface area contributed by atoms with E-state index in [2.05, 4.69) is 5.10 Å². The van der Waals surface area contributed by atoms with Gasteiger partial charge < -0.3 is 13.8 Å². The van der Waals surface area contributed by atoms with Crippen LogP contribution in [0.1, 0.15) is 40.1 Å². The summed E-state index contributed by atoms with van der Waals surface area (Å²) < 4.78 is 19.3. The molecule has 0 bridgehead atoms. The highest BCUT2D eigenvalue weighted by molar-refractivity contribution is 8.09. The van der Waals surface area contributed by atoms with Gasteiger partial charge in [0.25, 0.3) is 0 Å². The van der Waals surface area contributed by atoms with E-state index < -0.39 is 6.64 Å². The van der Waals surface area contributed by atoms with Crippen molar-refractivity contribution in [2.75, 3.05) is 7.05 Å². The molecule has 0 aromatic heterocycles. The van der Waals surface area contributed by atoms with Crippen LogP contribution < -0.4 is 13.8 Å². The second-order valence-corrected chi connectivity index (χ2v) is 10.8. The molecule has 176 valence electrons. The van der Waals surface area contributed by atoms with Gasteiger partial charge in [0.1, 0.15) is 29.8 Å². The summed E-state index contributed by atoms with van der Waals surface area (Å²) in [4.78, 5) is 21.9. The van der Waals surface area contributed by atoms with Crippen molar-refractivity contribution < 1.29 is 23.4 Å². The van der Waals surface area contributed by atoms with Crippen molar-refractivity contribution >= 4 is 37.2 Å². The molecule has 0 aliphatic heterocycles. The van der Waals surface area contributed by atoms with Crippen molar-refractivity contribution in [1.82, 2.24) is 4.78 Å². The normalized spacial score (nSPS) is 11.3. The molecule has 0 spiro atoms. The summed E-state index contributed by atoms with van der Waals surface area (Å²) in [5.74, 6) is 1.65. The summed E-state index contributed by atoms with van der Waals surface area (Å²) in [6.45, 7) is 0.738. The molecule has 3 rings (SSSR count). The van der Waals surface area contributed by atoms with Crippen LogP contribution in [0.2, 0.25) is 0 Å². The summed E-state index contributed by atoms with van der Waals surface area (Å²) in [5, 5.41) is 4.47. The Morgan fingerprint density at radius 3 is 1.59 bits per heavy atom. The molecule has 34 heavy (non-hydrogen) atoms. The maximum absolute atomic E-state index is 11.0. The summed E-state index contributed by atoms with van der Waals surface area (Å²) >= 11 is 5.81. The molecule has 0 heterocycles. The Kier molecular flexibility index (Phi) is 8.57. The Labute approximate surface area is 204 Å². The number of hydrogen-bond acceptors (Lipinski definition) is 7. The Morgan fingerprint density at radius 2 is 1.18 bits per heavy atom. The maximum Gasteiger partial charge on any atom is 0.410 e. The Balaban J connectivity index is 1.84. The van der Waals surface area contributed by atoms with Gasteiger partial charge in [-0.05, 0) is 92.2 Å². The quantitative estimate of drug-likeness (QED) is 0.145. The van der Waals surface area contributed by atoms with Crippen molar-refractivity contribution in [3.63, 3.8) is 0 Å². The van der Waals surface area contributed by atoms with Gasteiger partial charge in [0.05, 0.1) is 12.3 Å². The van der Waals surface area contributed by atoms with Crippen LogP contribution in [0.4, 0.5) is 0 Å². The van der Waals surface area contributed by atoms with E-state index in [9.17, 15) is 9.59 Å². The molecule has 0 saturated heterocycles. The molecule has 0 amide bonds. The monoisotopic (exact) mass is 496 g/mol. The van der Waals surface area contributed by atoms with Crippen LogP contribution in [0, 0.1) is 0 Å². The second-order valence-electron chi connectivity index (χ2n) is 7.49. The fraction of sp³-hybridized carbons (Fsp3) is 0.160. The standard InChI is InChI=1S/C25H25N2O5PS/c1-19(2)30-23-10-4-20(5-11-23)16-26-27(3)33(34,31-24-12-6-21(17-28)7-13-24)32-25-14-8-22(18-29)9-15-25/h4-19H,1-3H3/b26-16+. The van der Waals surface area contributed by atoms with E-state index >= 15 is 0 Å². The predicted molar refractivity (Wildman–Crippen MR) is 137 cm³/mol. The highest BCUT2D eigenvalue weighted by atomic mass is 32.5. The highest BCUT2D eigenvalue weighted by Gasteiger charge is 2.28. The van der Waals surface area contributed by atoms with Crippen molar-refractivity contribution in [2.45, 2.75) is 20.0 Å². The van der Waals surface area contributed by atoms with Gasteiger partial charge in [0, 0.05) is 30.0 Å². The first-order valence-electron chi connectivity index (χ1n) is 10.5. The zero-order valence-corrected chi connectivity index (χ0v) is 20.7. The van der Waals surface area contributed by atoms with Crippen molar-refractivity contribution in [2.24, 2.45) is 5.10 Å². The highest BCUT2D eigenvalue weighted by Crippen LogP contribution is 2.51. The van der Waals surface area contributed by atoms with Gasteiger partial charge in [-0.3, -0.25) is 9.59 Å². The third-order valence-corrected chi connectivity index (χ3v) is 7.31. The van der Waals surface area contributed by atoms with Crippen molar-refractivity contribution in [3.8, 4) is 17.2 Å². The fourth-order valence-corrected chi connectivity index (χ4v) is 4.61. The van der Waals surface area contributed by atoms with Gasteiger partial charge in [-0.15, -0.1) is 0 Å². The molecule has 3 aromatic carbocycles. The van der Waals surface area contributed by atoms with Crippen LogP contribution >= 0.6 is 6.64 Å². The minimum absolute atomic E-state index is 0.0896. The van der Waals surface area contributed by atoms with E-state index in [0.717, 1.165) is 23.9 Å². The Hall–Kier alpha value is -3.48. The van der Waals surface area contributed by atoms with Crippen LogP contribution in [-0.4, -0.2) is 36.7 Å². The molecule has 0 saturated carbocycles. The Morgan fingerprint density at radius 1 is 0.765 bits per heavy atom. The van der Waals surface area contributed by atoms with E-state index in [0.29, 0.717) is 22.6 Å². The summed E-state index contributed by atoms with van der Waals surface area (Å²) in [5.41, 5.74) is 1.87.